The number of nitrogens with two attached hydrogens (primary N) is 2. The topological polar surface area (TPSA) is 156 Å². The fourth-order valence-corrected chi connectivity index (χ4v) is 6.78. The average molecular weight is 522 g/mol. The van der Waals surface area contributed by atoms with Crippen LogP contribution in [0, 0.1) is 11.8 Å². The van der Waals surface area contributed by atoms with Crippen molar-refractivity contribution in [3.63, 3.8) is 0 Å². The lowest BCUT2D eigenvalue weighted by Crippen LogP contribution is -2.50. The van der Waals surface area contributed by atoms with E-state index in [1.54, 1.807) is 6.92 Å². The Hall–Kier alpha value is -2.14. The van der Waals surface area contributed by atoms with E-state index in [1.165, 1.54) is 16.7 Å². The molecule has 11 heteroatoms. The van der Waals surface area contributed by atoms with Crippen molar-refractivity contribution in [3.8, 4) is 0 Å². The molecule has 2 unspecified atom stereocenters. The number of hydrogen-bond acceptors (Lipinski definition) is 7. The van der Waals surface area contributed by atoms with E-state index in [1.807, 2.05) is 4.90 Å². The monoisotopic (exact) mass is 521 g/mol. The summed E-state index contributed by atoms with van der Waals surface area (Å²) in [5.74, 6) is -0.699. The smallest absolute Gasteiger partial charge is 0.243 e. The highest BCUT2D eigenvalue weighted by atomic mass is 32.2. The molecule has 0 aromatic heterocycles. The number of nitrogens with one attached hydrogen (secondary N) is 1. The van der Waals surface area contributed by atoms with Crippen LogP contribution in [0.4, 0.5) is 0 Å². The van der Waals surface area contributed by atoms with Crippen LogP contribution in [0.1, 0.15) is 71.1 Å². The molecule has 0 radical (unpaired) electrons. The number of nitrogens with zero attached hydrogens (tertiary/aromatic N) is 2. The van der Waals surface area contributed by atoms with Crippen LogP contribution in [0.25, 0.3) is 0 Å². The molecule has 2 heterocycles. The molecule has 4 aliphatic rings. The van der Waals surface area contributed by atoms with Gasteiger partial charge in [-0.3, -0.25) is 28.9 Å². The molecule has 2 saturated heterocycles. The van der Waals surface area contributed by atoms with Gasteiger partial charge in [0, 0.05) is 49.7 Å². The van der Waals surface area contributed by atoms with Gasteiger partial charge in [0.05, 0.1) is 10.8 Å². The number of carbonyl (C=O) groups excluding carboxylic acids is 5. The van der Waals surface area contributed by atoms with E-state index in [0.717, 1.165) is 51.5 Å². The van der Waals surface area contributed by atoms with E-state index in [4.69, 9.17) is 11.5 Å². The fourth-order valence-electron chi connectivity index (χ4n) is 5.56. The van der Waals surface area contributed by atoms with Gasteiger partial charge in [0.1, 0.15) is 0 Å². The summed E-state index contributed by atoms with van der Waals surface area (Å²) in [5.41, 5.74) is 11.1. The number of carbonyl (C=O) groups is 5. The van der Waals surface area contributed by atoms with Crippen molar-refractivity contribution in [1.82, 2.24) is 15.1 Å². The van der Waals surface area contributed by atoms with Crippen LogP contribution in [-0.2, 0) is 24.0 Å². The van der Waals surface area contributed by atoms with E-state index in [2.05, 4.69) is 5.32 Å². The number of amides is 5. The Labute approximate surface area is 216 Å². The molecule has 5 amide bonds. The number of thioether (sulfide) groups is 1. The standard InChI is InChI=1S/C25H39N5O5S/c1-16(21(26)33)15-36-18-13-20(32)29(22(18)34)11-3-6-19(31)28-10-2-5-17-14-25(17,27)23(35)30-12-4-7-24(30)8-9-24/h16-18H,2-15,27H2,1H3,(H2,26,33)(H,28,31)/t16-,17-,18?,25?/m0/s1. The lowest BCUT2D eigenvalue weighted by atomic mass is 10.1. The Morgan fingerprint density at radius 3 is 2.64 bits per heavy atom. The molecule has 2 aliphatic carbocycles. The number of likely N-dealkylation sites (tertiary alicyclic amines) is 2. The third kappa shape index (κ3) is 5.72. The highest BCUT2D eigenvalue weighted by Gasteiger charge is 2.62. The van der Waals surface area contributed by atoms with Gasteiger partial charge in [-0.25, -0.2) is 0 Å². The van der Waals surface area contributed by atoms with Crippen LogP contribution in [0.5, 0.6) is 0 Å². The van der Waals surface area contributed by atoms with Crippen LogP contribution >= 0.6 is 11.8 Å². The van der Waals surface area contributed by atoms with Gasteiger partial charge in [0.2, 0.25) is 29.5 Å². The molecular weight excluding hydrogens is 482 g/mol. The molecular formula is C25H39N5O5S. The maximum atomic E-state index is 13.0. The van der Waals surface area contributed by atoms with Gasteiger partial charge in [0.25, 0.3) is 0 Å². The summed E-state index contributed by atoms with van der Waals surface area (Å²) in [6.45, 7) is 3.27. The molecule has 36 heavy (non-hydrogen) atoms. The van der Waals surface area contributed by atoms with Crippen molar-refractivity contribution >= 4 is 41.3 Å². The summed E-state index contributed by atoms with van der Waals surface area (Å²) < 4.78 is 0. The first-order chi connectivity index (χ1) is 17.1. The minimum Gasteiger partial charge on any atom is -0.369 e. The largest absolute Gasteiger partial charge is 0.369 e. The predicted molar refractivity (Wildman–Crippen MR) is 135 cm³/mol. The van der Waals surface area contributed by atoms with Crippen molar-refractivity contribution in [2.45, 2.75) is 87.5 Å². The zero-order valence-corrected chi connectivity index (χ0v) is 21.9. The number of imide groups is 1. The van der Waals surface area contributed by atoms with Crippen molar-refractivity contribution in [2.75, 3.05) is 25.4 Å². The normalized spacial score (nSPS) is 29.1. The van der Waals surface area contributed by atoms with Gasteiger partial charge < -0.3 is 21.7 Å². The zero-order valence-electron chi connectivity index (χ0n) is 21.1. The molecule has 0 bridgehead atoms. The molecule has 4 fully saturated rings. The Morgan fingerprint density at radius 1 is 1.19 bits per heavy atom. The summed E-state index contributed by atoms with van der Waals surface area (Å²) in [7, 11) is 0. The van der Waals surface area contributed by atoms with Crippen LogP contribution in [0.2, 0.25) is 0 Å². The third-order valence-corrected chi connectivity index (χ3v) is 9.76. The quantitative estimate of drug-likeness (QED) is 0.236. The minimum atomic E-state index is -0.716. The average Bonchev–Trinajstić information content (AvgIpc) is 3.67. The third-order valence-electron chi connectivity index (χ3n) is 8.29. The van der Waals surface area contributed by atoms with Crippen LogP contribution in [0.15, 0.2) is 0 Å². The van der Waals surface area contributed by atoms with Gasteiger partial charge in [-0.2, -0.15) is 0 Å². The second-order valence-corrected chi connectivity index (χ2v) is 12.3. The highest BCUT2D eigenvalue weighted by Crippen LogP contribution is 2.53. The zero-order chi connectivity index (χ0) is 26.1. The second kappa shape index (κ2) is 10.7. The Morgan fingerprint density at radius 2 is 1.94 bits per heavy atom. The first-order valence-electron chi connectivity index (χ1n) is 13.2. The van der Waals surface area contributed by atoms with Gasteiger partial charge in [-0.05, 0) is 57.3 Å². The van der Waals surface area contributed by atoms with Crippen molar-refractivity contribution in [2.24, 2.45) is 23.3 Å². The molecule has 2 saturated carbocycles. The molecule has 5 N–H and O–H groups in total. The maximum absolute atomic E-state index is 13.0. The minimum absolute atomic E-state index is 0.117. The van der Waals surface area contributed by atoms with E-state index >= 15 is 0 Å². The predicted octanol–water partition coefficient (Wildman–Crippen LogP) is 0.518. The van der Waals surface area contributed by atoms with Crippen molar-refractivity contribution in [3.05, 3.63) is 0 Å². The fraction of sp³-hybridized carbons (Fsp3) is 0.800. The van der Waals surface area contributed by atoms with Gasteiger partial charge in [0.15, 0.2) is 0 Å². The van der Waals surface area contributed by atoms with Crippen molar-refractivity contribution < 1.29 is 24.0 Å². The van der Waals surface area contributed by atoms with E-state index in [9.17, 15) is 24.0 Å². The summed E-state index contributed by atoms with van der Waals surface area (Å²) >= 11 is 1.28. The molecule has 0 aromatic carbocycles. The van der Waals surface area contributed by atoms with Gasteiger partial charge >= 0.3 is 0 Å². The summed E-state index contributed by atoms with van der Waals surface area (Å²) in [5, 5.41) is 2.40. The molecule has 0 aromatic rings. The Bertz CT molecular complexity index is 925. The number of primary amides is 1. The lowest BCUT2D eigenvalue weighted by Gasteiger charge is -2.28. The summed E-state index contributed by atoms with van der Waals surface area (Å²) in [6, 6.07) is 0. The van der Waals surface area contributed by atoms with Crippen LogP contribution in [-0.4, -0.2) is 81.1 Å². The van der Waals surface area contributed by atoms with Gasteiger partial charge in [-0.1, -0.05) is 6.92 Å². The van der Waals surface area contributed by atoms with Gasteiger partial charge in [-0.15, -0.1) is 11.8 Å². The molecule has 10 nitrogen and oxygen atoms in total. The molecule has 1 spiro atoms. The SMILES string of the molecule is C[C@@H](CSC1CC(=O)N(CCCC(=O)NCCC[C@H]2CC2(N)C(=O)N2CCCC23CC3)C1=O)C(N)=O. The molecule has 2 aliphatic heterocycles. The summed E-state index contributed by atoms with van der Waals surface area (Å²) in [4.78, 5) is 64.3. The van der Waals surface area contributed by atoms with E-state index < -0.39 is 16.7 Å². The first kappa shape index (κ1) is 26.9. The number of rotatable bonds is 13. The van der Waals surface area contributed by atoms with Crippen LogP contribution < -0.4 is 16.8 Å². The molecule has 4 rings (SSSR count). The highest BCUT2D eigenvalue weighted by molar-refractivity contribution is 8.00. The first-order valence-corrected chi connectivity index (χ1v) is 14.2. The van der Waals surface area contributed by atoms with E-state index in [0.29, 0.717) is 18.7 Å². The second-order valence-electron chi connectivity index (χ2n) is 11.0. The maximum Gasteiger partial charge on any atom is 0.243 e. The van der Waals surface area contributed by atoms with E-state index in [-0.39, 0.29) is 60.4 Å². The lowest BCUT2D eigenvalue weighted by molar-refractivity contribution is -0.139. The molecule has 4 atom stereocenters. The van der Waals surface area contributed by atoms with Crippen molar-refractivity contribution in [1.29, 1.82) is 0 Å². The summed E-state index contributed by atoms with van der Waals surface area (Å²) in [6.07, 6.45) is 7.47. The van der Waals surface area contributed by atoms with Crippen LogP contribution in [0.3, 0.4) is 0 Å². The number of hydrogen-bond donors (Lipinski definition) is 3. The molecule has 200 valence electrons. The Kier molecular flexibility index (Phi) is 7.99. The Balaban J connectivity index is 1.08.